The third-order valence-corrected chi connectivity index (χ3v) is 3.62. The van der Waals surface area contributed by atoms with E-state index in [0.29, 0.717) is 24.6 Å². The van der Waals surface area contributed by atoms with Crippen LogP contribution in [0.25, 0.3) is 0 Å². The normalized spacial score (nSPS) is 12.1. The molecule has 0 aliphatic carbocycles. The average molecular weight is 309 g/mol. The van der Waals surface area contributed by atoms with Gasteiger partial charge in [0.1, 0.15) is 5.75 Å². The molecule has 0 spiro atoms. The van der Waals surface area contributed by atoms with Crippen molar-refractivity contribution in [2.75, 3.05) is 7.11 Å². The lowest BCUT2D eigenvalue weighted by atomic mass is 10.1. The molecule has 1 heterocycles. The predicted octanol–water partition coefficient (Wildman–Crippen LogP) is 2.91. The number of aromatic nitrogens is 2. The third-order valence-electron chi connectivity index (χ3n) is 3.62. The summed E-state index contributed by atoms with van der Waals surface area (Å²) >= 11 is 0. The molecule has 118 valence electrons. The maximum absolute atomic E-state index is 6.16. The monoisotopic (exact) mass is 309 g/mol. The Kier molecular flexibility index (Phi) is 4.68. The largest absolute Gasteiger partial charge is 0.497 e. The zero-order valence-electron chi connectivity index (χ0n) is 13.0. The Morgan fingerprint density at radius 2 is 1.78 bits per heavy atom. The highest BCUT2D eigenvalue weighted by molar-refractivity contribution is 5.28. The fourth-order valence-electron chi connectivity index (χ4n) is 2.37. The molecule has 0 aliphatic rings. The molecule has 0 radical (unpaired) electrons. The topological polar surface area (TPSA) is 74.2 Å². The van der Waals surface area contributed by atoms with Gasteiger partial charge < -0.3 is 15.0 Å². The lowest BCUT2D eigenvalue weighted by molar-refractivity contribution is 0.350. The van der Waals surface area contributed by atoms with Gasteiger partial charge in [0, 0.05) is 6.42 Å². The maximum atomic E-state index is 6.16. The summed E-state index contributed by atoms with van der Waals surface area (Å²) in [5.41, 5.74) is 8.40. The molecule has 0 fully saturated rings. The molecule has 0 amide bonds. The molecule has 23 heavy (non-hydrogen) atoms. The fraction of sp³-hybridized carbons (Fsp3) is 0.222. The zero-order chi connectivity index (χ0) is 16.1. The van der Waals surface area contributed by atoms with Crippen LogP contribution in [0.2, 0.25) is 0 Å². The lowest BCUT2D eigenvalue weighted by Crippen LogP contribution is -2.13. The maximum Gasteiger partial charge on any atom is 0.243 e. The Hall–Kier alpha value is -2.66. The van der Waals surface area contributed by atoms with E-state index in [0.717, 1.165) is 16.9 Å². The van der Waals surface area contributed by atoms with Crippen LogP contribution >= 0.6 is 0 Å². The van der Waals surface area contributed by atoms with Crippen LogP contribution in [-0.4, -0.2) is 17.3 Å². The van der Waals surface area contributed by atoms with E-state index in [-0.39, 0.29) is 6.04 Å². The van der Waals surface area contributed by atoms with E-state index in [9.17, 15) is 0 Å². The van der Waals surface area contributed by atoms with Gasteiger partial charge in [-0.25, -0.2) is 0 Å². The van der Waals surface area contributed by atoms with Gasteiger partial charge in [0.2, 0.25) is 5.89 Å². The summed E-state index contributed by atoms with van der Waals surface area (Å²) < 4.78 is 10.5. The number of ether oxygens (including phenoxy) is 1. The van der Waals surface area contributed by atoms with Crippen LogP contribution in [0.5, 0.6) is 5.75 Å². The molecular formula is C18H19N3O2. The van der Waals surface area contributed by atoms with E-state index in [1.807, 2.05) is 54.6 Å². The first kappa shape index (κ1) is 15.2. The molecule has 1 aromatic heterocycles. The number of nitrogens with two attached hydrogens (primary N) is 1. The summed E-state index contributed by atoms with van der Waals surface area (Å²) in [4.78, 5) is 4.41. The molecule has 0 saturated heterocycles. The summed E-state index contributed by atoms with van der Waals surface area (Å²) in [5.74, 6) is 1.93. The molecule has 0 bridgehead atoms. The summed E-state index contributed by atoms with van der Waals surface area (Å²) in [7, 11) is 1.65. The van der Waals surface area contributed by atoms with Crippen molar-refractivity contribution < 1.29 is 9.26 Å². The number of methoxy groups -OCH3 is 1. The number of hydrogen-bond acceptors (Lipinski definition) is 5. The second-order valence-corrected chi connectivity index (χ2v) is 5.37. The van der Waals surface area contributed by atoms with Crippen molar-refractivity contribution in [1.29, 1.82) is 0 Å². The number of rotatable bonds is 6. The molecule has 3 aromatic rings. The summed E-state index contributed by atoms with van der Waals surface area (Å²) in [6, 6.07) is 17.5. The van der Waals surface area contributed by atoms with Crippen LogP contribution in [0.4, 0.5) is 0 Å². The third kappa shape index (κ3) is 3.96. The molecule has 1 atom stereocenters. The van der Waals surface area contributed by atoms with Gasteiger partial charge in [-0.05, 0) is 29.7 Å². The van der Waals surface area contributed by atoms with E-state index >= 15 is 0 Å². The molecule has 0 unspecified atom stereocenters. The molecule has 3 rings (SSSR count). The van der Waals surface area contributed by atoms with Crippen LogP contribution in [-0.2, 0) is 12.8 Å². The van der Waals surface area contributed by atoms with Crippen molar-refractivity contribution in [1.82, 2.24) is 10.1 Å². The molecule has 0 aliphatic heterocycles. The minimum Gasteiger partial charge on any atom is -0.497 e. The van der Waals surface area contributed by atoms with E-state index in [2.05, 4.69) is 10.1 Å². The second-order valence-electron chi connectivity index (χ2n) is 5.37. The van der Waals surface area contributed by atoms with E-state index < -0.39 is 0 Å². The minimum absolute atomic E-state index is 0.297. The molecule has 5 nitrogen and oxygen atoms in total. The summed E-state index contributed by atoms with van der Waals surface area (Å²) in [5, 5.41) is 4.02. The van der Waals surface area contributed by atoms with Gasteiger partial charge in [0.25, 0.3) is 0 Å². The van der Waals surface area contributed by atoms with Gasteiger partial charge in [0.15, 0.2) is 5.82 Å². The smallest absolute Gasteiger partial charge is 0.243 e. The van der Waals surface area contributed by atoms with Crippen molar-refractivity contribution in [3.05, 3.63) is 77.4 Å². The average Bonchev–Trinajstić information content (AvgIpc) is 3.05. The Morgan fingerprint density at radius 3 is 2.48 bits per heavy atom. The Labute approximate surface area is 135 Å². The van der Waals surface area contributed by atoms with Crippen molar-refractivity contribution in [2.24, 2.45) is 5.73 Å². The summed E-state index contributed by atoms with van der Waals surface area (Å²) in [6.07, 6.45) is 1.27. The number of hydrogen-bond donors (Lipinski definition) is 1. The van der Waals surface area contributed by atoms with Gasteiger partial charge in [-0.1, -0.05) is 47.6 Å². The van der Waals surface area contributed by atoms with Gasteiger partial charge in [-0.15, -0.1) is 0 Å². The van der Waals surface area contributed by atoms with Gasteiger partial charge >= 0.3 is 0 Å². The van der Waals surface area contributed by atoms with Crippen LogP contribution in [0, 0.1) is 0 Å². The van der Waals surface area contributed by atoms with E-state index in [4.69, 9.17) is 15.0 Å². The SMILES string of the molecule is COc1ccc(Cc2noc([C@H](N)Cc3ccccc3)n2)cc1. The van der Waals surface area contributed by atoms with Crippen LogP contribution in [0.15, 0.2) is 59.1 Å². The Bertz CT molecular complexity index is 738. The minimum atomic E-state index is -0.297. The van der Waals surface area contributed by atoms with E-state index in [1.165, 1.54) is 0 Å². The van der Waals surface area contributed by atoms with Gasteiger partial charge in [0.05, 0.1) is 13.2 Å². The highest BCUT2D eigenvalue weighted by Gasteiger charge is 2.15. The van der Waals surface area contributed by atoms with Crippen molar-refractivity contribution in [2.45, 2.75) is 18.9 Å². The van der Waals surface area contributed by atoms with E-state index in [1.54, 1.807) is 7.11 Å². The highest BCUT2D eigenvalue weighted by Crippen LogP contribution is 2.17. The lowest BCUT2D eigenvalue weighted by Gasteiger charge is -2.06. The van der Waals surface area contributed by atoms with Crippen LogP contribution in [0.3, 0.4) is 0 Å². The molecular weight excluding hydrogens is 290 g/mol. The van der Waals surface area contributed by atoms with Crippen molar-refractivity contribution >= 4 is 0 Å². The molecule has 5 heteroatoms. The van der Waals surface area contributed by atoms with Gasteiger partial charge in [-0.2, -0.15) is 4.98 Å². The van der Waals surface area contributed by atoms with Crippen molar-refractivity contribution in [3.8, 4) is 5.75 Å². The molecule has 0 saturated carbocycles. The fourth-order valence-corrected chi connectivity index (χ4v) is 2.37. The number of benzene rings is 2. The Balaban J connectivity index is 1.65. The molecule has 2 aromatic carbocycles. The first-order valence-corrected chi connectivity index (χ1v) is 7.49. The molecule has 2 N–H and O–H groups in total. The van der Waals surface area contributed by atoms with Crippen LogP contribution in [0.1, 0.15) is 28.9 Å². The second kappa shape index (κ2) is 7.07. The van der Waals surface area contributed by atoms with Crippen LogP contribution < -0.4 is 10.5 Å². The number of nitrogens with zero attached hydrogens (tertiary/aromatic N) is 2. The van der Waals surface area contributed by atoms with Gasteiger partial charge in [-0.3, -0.25) is 0 Å². The Morgan fingerprint density at radius 1 is 1.04 bits per heavy atom. The standard InChI is InChI=1S/C18H19N3O2/c1-22-15-9-7-14(8-10-15)12-17-20-18(23-21-17)16(19)11-13-5-3-2-4-6-13/h2-10,16H,11-12,19H2,1H3/t16-/m1/s1. The first-order chi connectivity index (χ1) is 11.2. The first-order valence-electron chi connectivity index (χ1n) is 7.49. The highest BCUT2D eigenvalue weighted by atomic mass is 16.5. The quantitative estimate of drug-likeness (QED) is 0.758. The predicted molar refractivity (Wildman–Crippen MR) is 87.2 cm³/mol. The summed E-state index contributed by atoms with van der Waals surface area (Å²) in [6.45, 7) is 0. The van der Waals surface area contributed by atoms with Crippen molar-refractivity contribution in [3.63, 3.8) is 0 Å². The zero-order valence-corrected chi connectivity index (χ0v) is 13.0.